The summed E-state index contributed by atoms with van der Waals surface area (Å²) >= 11 is 12.2. The lowest BCUT2D eigenvalue weighted by molar-refractivity contribution is -0.0336. The maximum Gasteiger partial charge on any atom is 0.0953 e. The van der Waals surface area contributed by atoms with Crippen molar-refractivity contribution in [1.29, 1.82) is 0 Å². The van der Waals surface area contributed by atoms with Gasteiger partial charge in [0, 0.05) is 32.4 Å². The number of halogens is 2. The summed E-state index contributed by atoms with van der Waals surface area (Å²) in [6, 6.07) is 5.73. The van der Waals surface area contributed by atoms with Crippen LogP contribution in [0.25, 0.3) is 0 Å². The molecule has 4 nitrogen and oxygen atoms in total. The van der Waals surface area contributed by atoms with E-state index in [4.69, 9.17) is 27.9 Å². The van der Waals surface area contributed by atoms with Gasteiger partial charge in [-0.2, -0.15) is 0 Å². The molecular formula is C18H23Cl2N3O. The van der Waals surface area contributed by atoms with Crippen molar-refractivity contribution in [2.75, 3.05) is 19.7 Å². The van der Waals surface area contributed by atoms with Crippen molar-refractivity contribution in [2.24, 2.45) is 5.92 Å². The van der Waals surface area contributed by atoms with Crippen LogP contribution in [0.1, 0.15) is 31.2 Å². The predicted octanol–water partition coefficient (Wildman–Crippen LogP) is 4.42. The molecule has 0 spiro atoms. The molecule has 0 bridgehead atoms. The van der Waals surface area contributed by atoms with E-state index >= 15 is 0 Å². The number of hydrogen-bond acceptors (Lipinski definition) is 3. The van der Waals surface area contributed by atoms with E-state index in [0.29, 0.717) is 22.6 Å². The van der Waals surface area contributed by atoms with Gasteiger partial charge in [0.05, 0.1) is 34.8 Å². The molecule has 1 saturated heterocycles. The Morgan fingerprint density at radius 1 is 1.29 bits per heavy atom. The largest absolute Gasteiger partial charge is 0.371 e. The van der Waals surface area contributed by atoms with E-state index in [1.165, 1.54) is 5.69 Å². The Kier molecular flexibility index (Phi) is 5.82. The number of nitrogens with zero attached hydrogens (tertiary/aromatic N) is 3. The molecule has 1 aromatic heterocycles. The highest BCUT2D eigenvalue weighted by Gasteiger charge is 2.23. The molecule has 0 amide bonds. The summed E-state index contributed by atoms with van der Waals surface area (Å²) in [6.07, 6.45) is 3.91. The number of benzene rings is 1. The summed E-state index contributed by atoms with van der Waals surface area (Å²) in [7, 11) is 0. The van der Waals surface area contributed by atoms with E-state index in [1.807, 2.05) is 30.7 Å². The fourth-order valence-electron chi connectivity index (χ4n) is 3.03. The molecule has 6 heteroatoms. The first-order valence-electron chi connectivity index (χ1n) is 8.31. The molecule has 1 aromatic carbocycles. The molecule has 0 saturated carbocycles. The van der Waals surface area contributed by atoms with E-state index in [9.17, 15) is 0 Å². The smallest absolute Gasteiger partial charge is 0.0953 e. The second-order valence-electron chi connectivity index (χ2n) is 6.70. The van der Waals surface area contributed by atoms with Gasteiger partial charge in [-0.05, 0) is 23.6 Å². The summed E-state index contributed by atoms with van der Waals surface area (Å²) < 4.78 is 8.18. The van der Waals surface area contributed by atoms with Gasteiger partial charge in [-0.25, -0.2) is 4.98 Å². The lowest BCUT2D eigenvalue weighted by Crippen LogP contribution is -2.38. The number of aromatic nitrogens is 2. The molecule has 1 atom stereocenters. The summed E-state index contributed by atoms with van der Waals surface area (Å²) in [5, 5.41) is 1.15. The Hall–Kier alpha value is -1.07. The van der Waals surface area contributed by atoms with Crippen LogP contribution in [-0.2, 0) is 17.8 Å². The third-order valence-electron chi connectivity index (χ3n) is 4.21. The normalized spacial score (nSPS) is 19.1. The van der Waals surface area contributed by atoms with Crippen LogP contribution < -0.4 is 0 Å². The van der Waals surface area contributed by atoms with Crippen molar-refractivity contribution in [3.8, 4) is 0 Å². The second-order valence-corrected chi connectivity index (χ2v) is 7.51. The molecule has 0 radical (unpaired) electrons. The van der Waals surface area contributed by atoms with Crippen LogP contribution in [0.5, 0.6) is 0 Å². The van der Waals surface area contributed by atoms with Gasteiger partial charge in [0.15, 0.2) is 0 Å². The zero-order valence-corrected chi connectivity index (χ0v) is 15.6. The van der Waals surface area contributed by atoms with Gasteiger partial charge >= 0.3 is 0 Å². The third kappa shape index (κ3) is 4.31. The molecule has 0 unspecified atom stereocenters. The zero-order chi connectivity index (χ0) is 17.1. The van der Waals surface area contributed by atoms with Crippen molar-refractivity contribution in [2.45, 2.75) is 33.0 Å². The zero-order valence-electron chi connectivity index (χ0n) is 14.1. The van der Waals surface area contributed by atoms with Crippen molar-refractivity contribution < 1.29 is 4.74 Å². The fraction of sp³-hybridized carbons (Fsp3) is 0.500. The molecule has 24 heavy (non-hydrogen) atoms. The monoisotopic (exact) mass is 367 g/mol. The van der Waals surface area contributed by atoms with Crippen LogP contribution in [0.3, 0.4) is 0 Å². The fourth-order valence-corrected chi connectivity index (χ4v) is 3.33. The van der Waals surface area contributed by atoms with Crippen LogP contribution in [0, 0.1) is 5.92 Å². The first kappa shape index (κ1) is 17.7. The summed E-state index contributed by atoms with van der Waals surface area (Å²) in [6.45, 7) is 8.79. The highest BCUT2D eigenvalue weighted by molar-refractivity contribution is 6.42. The highest BCUT2D eigenvalue weighted by atomic mass is 35.5. The minimum Gasteiger partial charge on any atom is -0.371 e. The average Bonchev–Trinajstić information content (AvgIpc) is 2.96. The molecule has 2 aromatic rings. The number of morpholine rings is 1. The molecule has 1 aliphatic rings. The minimum absolute atomic E-state index is 0.0231. The van der Waals surface area contributed by atoms with Crippen LogP contribution >= 0.6 is 23.2 Å². The van der Waals surface area contributed by atoms with Gasteiger partial charge in [-0.1, -0.05) is 43.1 Å². The van der Waals surface area contributed by atoms with E-state index < -0.39 is 0 Å². The molecule has 1 fully saturated rings. The number of imidazole rings is 1. The number of ether oxygens (including phenoxy) is 1. The van der Waals surface area contributed by atoms with Crippen LogP contribution in [0.15, 0.2) is 30.7 Å². The van der Waals surface area contributed by atoms with Gasteiger partial charge in [-0.15, -0.1) is 0 Å². The molecule has 2 heterocycles. The Bertz CT molecular complexity index is 687. The van der Waals surface area contributed by atoms with Gasteiger partial charge in [0.1, 0.15) is 0 Å². The summed E-state index contributed by atoms with van der Waals surface area (Å²) in [5.74, 6) is 0.603. The SMILES string of the molecule is CC(C)Cn1cncc1CN1CCO[C@@H](c2ccc(Cl)c(Cl)c2)C1. The first-order valence-corrected chi connectivity index (χ1v) is 9.06. The van der Waals surface area contributed by atoms with E-state index in [-0.39, 0.29) is 6.10 Å². The van der Waals surface area contributed by atoms with Gasteiger partial charge in [0.2, 0.25) is 0 Å². The van der Waals surface area contributed by atoms with Crippen molar-refractivity contribution in [3.05, 3.63) is 52.0 Å². The summed E-state index contributed by atoms with van der Waals surface area (Å²) in [4.78, 5) is 6.72. The van der Waals surface area contributed by atoms with Crippen LogP contribution in [0.4, 0.5) is 0 Å². The van der Waals surface area contributed by atoms with Crippen LogP contribution in [0.2, 0.25) is 10.0 Å². The standard InChI is InChI=1S/C18H23Cl2N3O/c1-13(2)9-23-12-21-8-15(23)10-22-5-6-24-18(11-22)14-3-4-16(19)17(20)7-14/h3-4,7-8,12-13,18H,5-6,9-11H2,1-2H3/t18-/m1/s1. The summed E-state index contributed by atoms with van der Waals surface area (Å²) in [5.41, 5.74) is 2.32. The third-order valence-corrected chi connectivity index (χ3v) is 4.95. The molecular weight excluding hydrogens is 345 g/mol. The van der Waals surface area contributed by atoms with E-state index in [2.05, 4.69) is 28.3 Å². The minimum atomic E-state index is 0.0231. The van der Waals surface area contributed by atoms with Gasteiger partial charge < -0.3 is 9.30 Å². The van der Waals surface area contributed by atoms with Gasteiger partial charge in [0.25, 0.3) is 0 Å². The average molecular weight is 368 g/mol. The van der Waals surface area contributed by atoms with Crippen molar-refractivity contribution in [3.63, 3.8) is 0 Å². The quantitative estimate of drug-likeness (QED) is 0.783. The van der Waals surface area contributed by atoms with E-state index in [1.54, 1.807) is 0 Å². The lowest BCUT2D eigenvalue weighted by Gasteiger charge is -2.33. The Morgan fingerprint density at radius 3 is 2.88 bits per heavy atom. The molecule has 0 aliphatic carbocycles. The predicted molar refractivity (Wildman–Crippen MR) is 97.5 cm³/mol. The number of rotatable bonds is 5. The second kappa shape index (κ2) is 7.87. The maximum atomic E-state index is 6.14. The van der Waals surface area contributed by atoms with Crippen molar-refractivity contribution in [1.82, 2.24) is 14.5 Å². The van der Waals surface area contributed by atoms with Crippen molar-refractivity contribution >= 4 is 23.2 Å². The van der Waals surface area contributed by atoms with Crippen LogP contribution in [-0.4, -0.2) is 34.1 Å². The molecule has 1 aliphatic heterocycles. The Morgan fingerprint density at radius 2 is 2.12 bits per heavy atom. The molecule has 0 N–H and O–H groups in total. The maximum absolute atomic E-state index is 6.14. The Balaban J connectivity index is 1.67. The topological polar surface area (TPSA) is 30.3 Å². The number of hydrogen-bond donors (Lipinski definition) is 0. The van der Waals surface area contributed by atoms with E-state index in [0.717, 1.165) is 31.7 Å². The Labute approximate surface area is 153 Å². The molecule has 130 valence electrons. The molecule has 3 rings (SSSR count). The highest BCUT2D eigenvalue weighted by Crippen LogP contribution is 2.29. The van der Waals surface area contributed by atoms with Gasteiger partial charge in [-0.3, -0.25) is 4.90 Å². The first-order chi connectivity index (χ1) is 11.5. The lowest BCUT2D eigenvalue weighted by atomic mass is 10.1.